The minimum absolute atomic E-state index is 0.0487. The molecule has 4 heteroatoms. The topological polar surface area (TPSA) is 72.7 Å². The number of aliphatic hydroxyl groups excluding tert-OH is 2. The zero-order valence-electron chi connectivity index (χ0n) is 14.5. The van der Waals surface area contributed by atoms with Crippen LogP contribution in [0.25, 0.3) is 11.1 Å². The van der Waals surface area contributed by atoms with Crippen LogP contribution in [-0.2, 0) is 19.6 Å². The minimum atomic E-state index is -0.0971. The lowest BCUT2D eigenvalue weighted by atomic mass is 9.93. The molecule has 3 rings (SSSR count). The predicted molar refractivity (Wildman–Crippen MR) is 99.4 cm³/mol. The molecule has 1 aliphatic rings. The highest BCUT2D eigenvalue weighted by molar-refractivity contribution is 5.70. The average Bonchev–Trinajstić information content (AvgIpc) is 2.66. The molecule has 1 fully saturated rings. The summed E-state index contributed by atoms with van der Waals surface area (Å²) in [4.78, 5) is 0. The third-order valence-corrected chi connectivity index (χ3v) is 5.00. The van der Waals surface area contributed by atoms with Crippen LogP contribution in [0.3, 0.4) is 0 Å². The molecular weight excluding hydrogens is 314 g/mol. The van der Waals surface area contributed by atoms with Crippen LogP contribution in [0.4, 0.5) is 0 Å². The number of hydrogen-bond donors (Lipinski definition) is 4. The SMILES string of the molecule is OCc1ccc(-c2cc(O)cc(CCC3CCCCN3)c2)c(CO)c1. The van der Waals surface area contributed by atoms with Crippen molar-refractivity contribution in [3.8, 4) is 16.9 Å². The Morgan fingerprint density at radius 3 is 2.56 bits per heavy atom. The van der Waals surface area contributed by atoms with Gasteiger partial charge in [-0.2, -0.15) is 0 Å². The van der Waals surface area contributed by atoms with E-state index in [9.17, 15) is 15.3 Å². The quantitative estimate of drug-likeness (QED) is 0.651. The van der Waals surface area contributed by atoms with Gasteiger partial charge in [-0.25, -0.2) is 0 Å². The van der Waals surface area contributed by atoms with E-state index >= 15 is 0 Å². The first-order valence-corrected chi connectivity index (χ1v) is 9.10. The van der Waals surface area contributed by atoms with Gasteiger partial charge in [0.2, 0.25) is 0 Å². The molecule has 1 atom stereocenters. The maximum atomic E-state index is 10.1. The van der Waals surface area contributed by atoms with Crippen LogP contribution >= 0.6 is 0 Å². The fourth-order valence-corrected chi connectivity index (χ4v) is 3.64. The third-order valence-electron chi connectivity index (χ3n) is 5.00. The van der Waals surface area contributed by atoms with Gasteiger partial charge in [0.15, 0.2) is 0 Å². The van der Waals surface area contributed by atoms with Gasteiger partial charge in [0.1, 0.15) is 5.75 Å². The maximum Gasteiger partial charge on any atom is 0.116 e. The summed E-state index contributed by atoms with van der Waals surface area (Å²) in [6, 6.07) is 11.8. The molecule has 4 N–H and O–H groups in total. The molecule has 0 spiro atoms. The summed E-state index contributed by atoms with van der Waals surface area (Å²) in [5.41, 5.74) is 4.44. The number of phenolic OH excluding ortho intramolecular Hbond substituents is 1. The predicted octanol–water partition coefficient (Wildman–Crippen LogP) is 3.12. The Balaban J connectivity index is 1.81. The molecule has 0 bridgehead atoms. The molecular formula is C21H27NO3. The van der Waals surface area contributed by atoms with Crippen LogP contribution < -0.4 is 5.32 Å². The van der Waals surface area contributed by atoms with E-state index in [4.69, 9.17) is 0 Å². The normalized spacial score (nSPS) is 17.6. The van der Waals surface area contributed by atoms with E-state index in [1.54, 1.807) is 6.07 Å². The number of aromatic hydroxyl groups is 1. The van der Waals surface area contributed by atoms with Crippen molar-refractivity contribution >= 4 is 0 Å². The van der Waals surface area contributed by atoms with Gasteiger partial charge in [0, 0.05) is 6.04 Å². The zero-order chi connectivity index (χ0) is 17.6. The molecule has 4 nitrogen and oxygen atoms in total. The molecule has 1 saturated heterocycles. The van der Waals surface area contributed by atoms with Crippen LogP contribution in [0.15, 0.2) is 36.4 Å². The number of aliphatic hydroxyl groups is 2. The van der Waals surface area contributed by atoms with E-state index in [0.717, 1.165) is 47.2 Å². The summed E-state index contributed by atoms with van der Waals surface area (Å²) < 4.78 is 0. The van der Waals surface area contributed by atoms with Crippen LogP contribution in [0.2, 0.25) is 0 Å². The Kier molecular flexibility index (Phi) is 6.08. The summed E-state index contributed by atoms with van der Waals surface area (Å²) in [6.07, 6.45) is 5.77. The van der Waals surface area contributed by atoms with Crippen LogP contribution in [0.5, 0.6) is 5.75 Å². The zero-order valence-corrected chi connectivity index (χ0v) is 14.5. The summed E-state index contributed by atoms with van der Waals surface area (Å²) in [6.45, 7) is 0.958. The van der Waals surface area contributed by atoms with Crippen molar-refractivity contribution in [2.75, 3.05) is 6.54 Å². The number of hydrogen-bond acceptors (Lipinski definition) is 4. The molecule has 0 radical (unpaired) electrons. The molecule has 0 aromatic heterocycles. The molecule has 1 unspecified atom stereocenters. The molecule has 0 amide bonds. The van der Waals surface area contributed by atoms with E-state index in [-0.39, 0.29) is 19.0 Å². The molecule has 1 aliphatic heterocycles. The van der Waals surface area contributed by atoms with Gasteiger partial charge in [-0.1, -0.05) is 30.7 Å². The molecule has 0 saturated carbocycles. The van der Waals surface area contributed by atoms with Crippen LogP contribution in [0, 0.1) is 0 Å². The lowest BCUT2D eigenvalue weighted by Crippen LogP contribution is -2.34. The summed E-state index contributed by atoms with van der Waals surface area (Å²) in [7, 11) is 0. The van der Waals surface area contributed by atoms with Crippen molar-refractivity contribution < 1.29 is 15.3 Å². The van der Waals surface area contributed by atoms with Gasteiger partial charge in [-0.3, -0.25) is 0 Å². The smallest absolute Gasteiger partial charge is 0.116 e. The fraction of sp³-hybridized carbons (Fsp3) is 0.429. The molecule has 1 heterocycles. The second-order valence-electron chi connectivity index (χ2n) is 6.88. The first kappa shape index (κ1) is 17.9. The highest BCUT2D eigenvalue weighted by Crippen LogP contribution is 2.30. The third kappa shape index (κ3) is 4.60. The van der Waals surface area contributed by atoms with Gasteiger partial charge in [-0.05, 0) is 72.2 Å². The molecule has 0 aliphatic carbocycles. The number of benzene rings is 2. The van der Waals surface area contributed by atoms with Gasteiger partial charge in [0.25, 0.3) is 0 Å². The first-order chi connectivity index (χ1) is 12.2. The standard InChI is InChI=1S/C21H27NO3/c23-13-16-5-7-21(18(10-16)14-24)17-9-15(11-20(25)12-17)4-6-19-3-1-2-8-22-19/h5,7,9-12,19,22-25H,1-4,6,8,13-14H2. The number of aryl methyl sites for hydroxylation is 1. The molecule has 2 aromatic carbocycles. The van der Waals surface area contributed by atoms with E-state index in [2.05, 4.69) is 11.4 Å². The van der Waals surface area contributed by atoms with Gasteiger partial charge < -0.3 is 20.6 Å². The molecule has 2 aromatic rings. The Morgan fingerprint density at radius 1 is 0.960 bits per heavy atom. The molecule has 134 valence electrons. The van der Waals surface area contributed by atoms with Crippen LogP contribution in [0.1, 0.15) is 42.4 Å². The largest absolute Gasteiger partial charge is 0.508 e. The summed E-state index contributed by atoms with van der Waals surface area (Å²) >= 11 is 0. The highest BCUT2D eigenvalue weighted by atomic mass is 16.3. The van der Waals surface area contributed by atoms with E-state index in [1.807, 2.05) is 24.3 Å². The van der Waals surface area contributed by atoms with Gasteiger partial charge in [-0.15, -0.1) is 0 Å². The summed E-state index contributed by atoms with van der Waals surface area (Å²) in [5.74, 6) is 0.249. The van der Waals surface area contributed by atoms with Crippen molar-refractivity contribution in [3.05, 3.63) is 53.1 Å². The average molecular weight is 341 g/mol. The maximum absolute atomic E-state index is 10.1. The Labute approximate surface area is 149 Å². The highest BCUT2D eigenvalue weighted by Gasteiger charge is 2.13. The van der Waals surface area contributed by atoms with E-state index in [1.165, 1.54) is 19.3 Å². The first-order valence-electron chi connectivity index (χ1n) is 9.10. The van der Waals surface area contributed by atoms with Gasteiger partial charge in [0.05, 0.1) is 13.2 Å². The fourth-order valence-electron chi connectivity index (χ4n) is 3.64. The number of phenols is 1. The number of nitrogens with one attached hydrogen (secondary N) is 1. The van der Waals surface area contributed by atoms with Crippen molar-refractivity contribution in [1.82, 2.24) is 5.32 Å². The minimum Gasteiger partial charge on any atom is -0.508 e. The van der Waals surface area contributed by atoms with Crippen molar-refractivity contribution in [1.29, 1.82) is 0 Å². The van der Waals surface area contributed by atoms with E-state index in [0.29, 0.717) is 6.04 Å². The number of rotatable bonds is 6. The van der Waals surface area contributed by atoms with Crippen molar-refractivity contribution in [3.63, 3.8) is 0 Å². The Bertz CT molecular complexity index is 708. The second-order valence-corrected chi connectivity index (χ2v) is 6.88. The van der Waals surface area contributed by atoms with Crippen molar-refractivity contribution in [2.24, 2.45) is 0 Å². The van der Waals surface area contributed by atoms with E-state index < -0.39 is 0 Å². The lowest BCUT2D eigenvalue weighted by Gasteiger charge is -2.23. The van der Waals surface area contributed by atoms with Crippen LogP contribution in [-0.4, -0.2) is 27.9 Å². The molecule has 25 heavy (non-hydrogen) atoms. The lowest BCUT2D eigenvalue weighted by molar-refractivity contribution is 0.275. The Hall–Kier alpha value is -1.88. The Morgan fingerprint density at radius 2 is 1.84 bits per heavy atom. The second kappa shape index (κ2) is 8.48. The number of piperidine rings is 1. The summed E-state index contributed by atoms with van der Waals surface area (Å²) in [5, 5.41) is 32.6. The van der Waals surface area contributed by atoms with Gasteiger partial charge >= 0.3 is 0 Å². The monoisotopic (exact) mass is 341 g/mol. The van der Waals surface area contributed by atoms with Crippen molar-refractivity contribution in [2.45, 2.75) is 51.4 Å².